The maximum atomic E-state index is 13.8. The van der Waals surface area contributed by atoms with Gasteiger partial charge in [0.15, 0.2) is 0 Å². The van der Waals surface area contributed by atoms with E-state index in [2.05, 4.69) is 16.1 Å². The van der Waals surface area contributed by atoms with Gasteiger partial charge >= 0.3 is 5.97 Å². The molecule has 2 aromatic carbocycles. The Morgan fingerprint density at radius 2 is 1.86 bits per heavy atom. The first-order valence-corrected chi connectivity index (χ1v) is 11.6. The summed E-state index contributed by atoms with van der Waals surface area (Å²) in [6, 6.07) is 16.2. The number of rotatable bonds is 5. The van der Waals surface area contributed by atoms with Gasteiger partial charge in [-0.2, -0.15) is 5.26 Å². The first-order valence-electron chi connectivity index (χ1n) is 10.8. The van der Waals surface area contributed by atoms with E-state index in [-0.39, 0.29) is 26.2 Å². The minimum atomic E-state index is -0.867. The highest BCUT2D eigenvalue weighted by atomic mass is 32.1. The second-order valence-electron chi connectivity index (χ2n) is 7.88. The smallest absolute Gasteiger partial charge is 0.332 e. The number of carbonyl (C=O) groups excluding carboxylic acids is 2. The van der Waals surface area contributed by atoms with Gasteiger partial charge in [-0.3, -0.25) is 14.2 Å². The van der Waals surface area contributed by atoms with Crippen LogP contribution < -0.4 is 30.5 Å². The molecule has 1 atom stereocenters. The van der Waals surface area contributed by atoms with E-state index in [4.69, 9.17) is 10.5 Å². The van der Waals surface area contributed by atoms with Gasteiger partial charge in [-0.25, -0.2) is 4.79 Å². The molecule has 2 heterocycles. The molecule has 0 bridgehead atoms. The number of hydrogen-bond acceptors (Lipinski definition) is 8. The first kappa shape index (κ1) is 24.5. The highest BCUT2D eigenvalue weighted by molar-refractivity contribution is 7.07. The molecular weight excluding hydrogens is 480 g/mol. The summed E-state index contributed by atoms with van der Waals surface area (Å²) in [7, 11) is 2.73. The minimum absolute atomic E-state index is 0.0219. The zero-order valence-electron chi connectivity index (χ0n) is 19.7. The Hall–Kier alpha value is -4.62. The Morgan fingerprint density at radius 3 is 2.47 bits per heavy atom. The highest BCUT2D eigenvalue weighted by Crippen LogP contribution is 2.37. The number of aryl methyl sites for hydroxylation is 1. The lowest BCUT2D eigenvalue weighted by Gasteiger charge is -2.25. The average Bonchev–Trinajstić information content (AvgIpc) is 3.20. The van der Waals surface area contributed by atoms with Gasteiger partial charge in [-0.1, -0.05) is 30.3 Å². The highest BCUT2D eigenvalue weighted by Gasteiger charge is 2.35. The van der Waals surface area contributed by atoms with Crippen LogP contribution in [0, 0.1) is 18.3 Å². The largest absolute Gasteiger partial charge is 0.497 e. The van der Waals surface area contributed by atoms with Crippen LogP contribution in [-0.4, -0.2) is 30.7 Å². The molecule has 1 aliphatic heterocycles. The molecule has 36 heavy (non-hydrogen) atoms. The van der Waals surface area contributed by atoms with Gasteiger partial charge in [-0.15, -0.1) is 11.3 Å². The number of nitriles is 1. The number of nitrogens with two attached hydrogens (primary N) is 1. The molecule has 10 heteroatoms. The average molecular weight is 503 g/mol. The van der Waals surface area contributed by atoms with Crippen LogP contribution >= 0.6 is 11.3 Å². The lowest BCUT2D eigenvalue weighted by atomic mass is 9.83. The Bertz CT molecular complexity index is 1620. The Kier molecular flexibility index (Phi) is 6.76. The Morgan fingerprint density at radius 1 is 1.17 bits per heavy atom. The van der Waals surface area contributed by atoms with Crippen LogP contribution in [0.2, 0.25) is 0 Å². The monoisotopic (exact) mass is 502 g/mol. The van der Waals surface area contributed by atoms with E-state index in [9.17, 15) is 19.6 Å². The number of amides is 1. The summed E-state index contributed by atoms with van der Waals surface area (Å²) in [5.41, 5.74) is 7.91. The Balaban J connectivity index is 2.05. The SMILES string of the molecule is COC(=O)/C=c1\sc2n(c1=O)C(N)=C(C#N)[C@@H](c1ccc(OC)cc1)C=2C(=O)Nc1ccccc1C. The van der Waals surface area contributed by atoms with E-state index in [1.807, 2.05) is 19.1 Å². The van der Waals surface area contributed by atoms with Gasteiger partial charge in [0.1, 0.15) is 20.8 Å². The predicted molar refractivity (Wildman–Crippen MR) is 136 cm³/mol. The van der Waals surface area contributed by atoms with E-state index >= 15 is 0 Å². The van der Waals surface area contributed by atoms with Crippen molar-refractivity contribution in [1.82, 2.24) is 4.57 Å². The number of nitrogens with zero attached hydrogens (tertiary/aromatic N) is 2. The van der Waals surface area contributed by atoms with Gasteiger partial charge in [0, 0.05) is 11.8 Å². The molecule has 0 saturated carbocycles. The molecule has 1 aromatic heterocycles. The third-order valence-electron chi connectivity index (χ3n) is 5.81. The van der Waals surface area contributed by atoms with Crippen molar-refractivity contribution in [3.8, 4) is 11.8 Å². The van der Waals surface area contributed by atoms with Crippen LogP contribution in [-0.2, 0) is 14.3 Å². The molecule has 3 N–H and O–H groups in total. The van der Waals surface area contributed by atoms with Crippen molar-refractivity contribution in [2.45, 2.75) is 12.8 Å². The van der Waals surface area contributed by atoms with Crippen LogP contribution in [0.5, 0.6) is 5.75 Å². The molecule has 1 amide bonds. The van der Waals surface area contributed by atoms with Crippen LogP contribution in [0.15, 0.2) is 58.9 Å². The fourth-order valence-corrected chi connectivity index (χ4v) is 5.10. The number of allylic oxidation sites excluding steroid dienone is 1. The molecule has 0 saturated heterocycles. The van der Waals surface area contributed by atoms with E-state index in [0.717, 1.165) is 27.5 Å². The fourth-order valence-electron chi connectivity index (χ4n) is 3.97. The van der Waals surface area contributed by atoms with Crippen molar-refractivity contribution in [3.63, 3.8) is 0 Å². The van der Waals surface area contributed by atoms with Gasteiger partial charge in [0.25, 0.3) is 11.5 Å². The topological polar surface area (TPSA) is 136 Å². The molecule has 0 aliphatic carbocycles. The minimum Gasteiger partial charge on any atom is -0.497 e. The van der Waals surface area contributed by atoms with Crippen LogP contribution in [0.4, 0.5) is 5.69 Å². The summed E-state index contributed by atoms with van der Waals surface area (Å²) < 4.78 is 11.2. The number of hydrogen-bond donors (Lipinski definition) is 2. The summed E-state index contributed by atoms with van der Waals surface area (Å²) in [6.07, 6.45) is 1.04. The first-order chi connectivity index (χ1) is 17.3. The molecule has 9 nitrogen and oxygen atoms in total. The lowest BCUT2D eigenvalue weighted by molar-refractivity contribution is -0.133. The number of aromatic nitrogens is 1. The van der Waals surface area contributed by atoms with Crippen molar-refractivity contribution in [3.05, 3.63) is 84.8 Å². The molecule has 3 aromatic rings. The number of anilines is 1. The van der Waals surface area contributed by atoms with E-state index < -0.39 is 23.4 Å². The van der Waals surface area contributed by atoms with Crippen LogP contribution in [0.25, 0.3) is 17.5 Å². The van der Waals surface area contributed by atoms with Crippen LogP contribution in [0.3, 0.4) is 0 Å². The zero-order valence-corrected chi connectivity index (χ0v) is 20.5. The third-order valence-corrected chi connectivity index (χ3v) is 6.91. The molecule has 182 valence electrons. The fraction of sp³-hybridized carbons (Fsp3) is 0.154. The van der Waals surface area contributed by atoms with Crippen molar-refractivity contribution in [2.24, 2.45) is 5.73 Å². The number of esters is 1. The molecule has 0 fully saturated rings. The normalized spacial score (nSPS) is 15.2. The zero-order chi connectivity index (χ0) is 26.0. The van der Waals surface area contributed by atoms with E-state index in [1.54, 1.807) is 36.4 Å². The van der Waals surface area contributed by atoms with Crippen molar-refractivity contribution in [1.29, 1.82) is 5.26 Å². The van der Waals surface area contributed by atoms with Gasteiger partial charge < -0.3 is 20.5 Å². The van der Waals surface area contributed by atoms with Crippen molar-refractivity contribution >= 4 is 46.4 Å². The maximum absolute atomic E-state index is 13.8. The van der Waals surface area contributed by atoms with Crippen molar-refractivity contribution in [2.75, 3.05) is 19.5 Å². The van der Waals surface area contributed by atoms with Gasteiger partial charge in [0.2, 0.25) is 0 Å². The summed E-state index contributed by atoms with van der Waals surface area (Å²) >= 11 is 0.927. The van der Waals surface area contributed by atoms with Crippen molar-refractivity contribution < 1.29 is 19.1 Å². The third kappa shape index (κ3) is 4.28. The second kappa shape index (κ2) is 9.93. The van der Waals surface area contributed by atoms with Gasteiger partial charge in [-0.05, 0) is 36.2 Å². The number of para-hydroxylation sites is 1. The molecule has 0 radical (unpaired) electrons. The summed E-state index contributed by atoms with van der Waals surface area (Å²) in [4.78, 5) is 38.9. The molecule has 0 spiro atoms. The number of fused-ring (bicyclic) bond motifs is 1. The summed E-state index contributed by atoms with van der Waals surface area (Å²) in [6.45, 7) is 1.85. The molecule has 0 unspecified atom stereocenters. The van der Waals surface area contributed by atoms with Gasteiger partial charge in [0.05, 0.1) is 37.4 Å². The number of nitrogens with one attached hydrogen (secondary N) is 1. The summed E-state index contributed by atoms with van der Waals surface area (Å²) in [5, 5.41) is 13.0. The predicted octanol–water partition coefficient (Wildman–Crippen LogP) is 1.42. The Labute approximate surface area is 210 Å². The number of carbonyl (C=O) groups is 2. The number of ether oxygens (including phenoxy) is 2. The van der Waals surface area contributed by atoms with Crippen LogP contribution in [0.1, 0.15) is 17.0 Å². The maximum Gasteiger partial charge on any atom is 0.332 e. The molecule has 4 rings (SSSR count). The van der Waals surface area contributed by atoms with E-state index in [1.165, 1.54) is 14.2 Å². The van der Waals surface area contributed by atoms with E-state index in [0.29, 0.717) is 17.0 Å². The second-order valence-corrected chi connectivity index (χ2v) is 8.91. The standard InChI is InChI=1S/C26H22N4O5S/c1-14-6-4-5-7-18(14)29-24(32)22-21(15-8-10-16(34-2)11-9-15)17(13-27)23(28)30-25(33)19(36-26(22)30)12-20(31)35-3/h4-12,21H,28H2,1-3H3,(H,29,32)/b19-12-/t21-/m1/s1. The number of benzene rings is 2. The summed E-state index contributed by atoms with van der Waals surface area (Å²) in [5.74, 6) is -1.61. The number of thiazole rings is 1. The number of methoxy groups -OCH3 is 2. The molecule has 1 aliphatic rings. The quantitative estimate of drug-likeness (QED) is 0.504. The molecular formula is C26H22N4O5S. The lowest BCUT2D eigenvalue weighted by Crippen LogP contribution is -2.40.